The van der Waals surface area contributed by atoms with E-state index < -0.39 is 0 Å². The number of rotatable bonds is 24. The molecule has 1 amide bonds. The van der Waals surface area contributed by atoms with Crippen molar-refractivity contribution in [3.05, 3.63) is 0 Å². The van der Waals surface area contributed by atoms with Crippen molar-refractivity contribution in [1.82, 2.24) is 10.2 Å². The Morgan fingerprint density at radius 2 is 0.930 bits per heavy atom. The topological polar surface area (TPSA) is 114 Å². The SMILES string of the molecule is CC.CC.CC.CC1CCN(C)CC1.CNC(=O)CCOCCOCCOCCOCCOCCOCCOCCC=O. The van der Waals surface area contributed by atoms with E-state index >= 15 is 0 Å². The Kier molecular flexibility index (Phi) is 54.1. The van der Waals surface area contributed by atoms with E-state index in [1.54, 1.807) is 7.05 Å². The van der Waals surface area contributed by atoms with Crippen LogP contribution in [-0.2, 0) is 42.7 Å². The molecule has 0 bridgehead atoms. The van der Waals surface area contributed by atoms with E-state index in [1.165, 1.54) is 25.9 Å². The molecular formula is C32H70N2O9. The quantitative estimate of drug-likeness (QED) is 0.123. The number of piperidine rings is 1. The van der Waals surface area contributed by atoms with Crippen LogP contribution in [0.15, 0.2) is 0 Å². The third-order valence-corrected chi connectivity index (χ3v) is 5.37. The summed E-state index contributed by atoms with van der Waals surface area (Å²) in [5, 5.41) is 2.53. The molecule has 43 heavy (non-hydrogen) atoms. The summed E-state index contributed by atoms with van der Waals surface area (Å²) < 4.78 is 37.2. The Balaban J connectivity index is -0.000000449. The molecule has 1 heterocycles. The van der Waals surface area contributed by atoms with Crippen molar-refractivity contribution in [1.29, 1.82) is 0 Å². The van der Waals surface area contributed by atoms with Crippen LogP contribution in [0, 0.1) is 5.92 Å². The first-order chi connectivity index (χ1) is 21.1. The number of nitrogens with zero attached hydrogens (tertiary/aromatic N) is 1. The third kappa shape index (κ3) is 47.9. The molecule has 1 fully saturated rings. The van der Waals surface area contributed by atoms with Crippen LogP contribution in [0.3, 0.4) is 0 Å². The minimum atomic E-state index is -0.0349. The molecule has 0 radical (unpaired) electrons. The number of hydrogen-bond acceptors (Lipinski definition) is 10. The molecule has 11 nitrogen and oxygen atoms in total. The van der Waals surface area contributed by atoms with Gasteiger partial charge in [0.25, 0.3) is 0 Å². The van der Waals surface area contributed by atoms with E-state index in [2.05, 4.69) is 24.2 Å². The molecule has 1 rings (SSSR count). The second-order valence-electron chi connectivity index (χ2n) is 8.65. The first-order valence-electron chi connectivity index (χ1n) is 16.5. The zero-order valence-corrected chi connectivity index (χ0v) is 29.4. The van der Waals surface area contributed by atoms with Crippen LogP contribution in [-0.4, -0.2) is 137 Å². The molecule has 0 aromatic heterocycles. The van der Waals surface area contributed by atoms with Gasteiger partial charge in [0.1, 0.15) is 6.29 Å². The number of ether oxygens (including phenoxy) is 7. The molecule has 1 saturated heterocycles. The molecule has 262 valence electrons. The van der Waals surface area contributed by atoms with Crippen LogP contribution in [0.5, 0.6) is 0 Å². The van der Waals surface area contributed by atoms with E-state index in [0.717, 1.165) is 12.2 Å². The van der Waals surface area contributed by atoms with Gasteiger partial charge < -0.3 is 48.2 Å². The minimum Gasteiger partial charge on any atom is -0.379 e. The Morgan fingerprint density at radius 3 is 1.21 bits per heavy atom. The van der Waals surface area contributed by atoms with Crippen LogP contribution < -0.4 is 5.32 Å². The number of aldehydes is 1. The average molecular weight is 627 g/mol. The van der Waals surface area contributed by atoms with Crippen molar-refractivity contribution >= 4 is 12.2 Å². The second-order valence-corrected chi connectivity index (χ2v) is 8.65. The van der Waals surface area contributed by atoms with Crippen molar-refractivity contribution in [2.75, 3.05) is 120 Å². The molecule has 0 saturated carbocycles. The number of carbonyl (C=O) groups excluding carboxylic acids is 2. The lowest BCUT2D eigenvalue weighted by Crippen LogP contribution is -2.28. The van der Waals surface area contributed by atoms with Crippen molar-refractivity contribution < 1.29 is 42.7 Å². The van der Waals surface area contributed by atoms with Crippen LogP contribution in [0.25, 0.3) is 0 Å². The van der Waals surface area contributed by atoms with E-state index in [9.17, 15) is 9.59 Å². The Morgan fingerprint density at radius 1 is 0.628 bits per heavy atom. The fraction of sp³-hybridized carbons (Fsp3) is 0.938. The Labute approximate surface area is 264 Å². The highest BCUT2D eigenvalue weighted by atomic mass is 16.6. The van der Waals surface area contributed by atoms with E-state index in [0.29, 0.717) is 105 Å². The normalized spacial score (nSPS) is 12.7. The van der Waals surface area contributed by atoms with E-state index in [4.69, 9.17) is 33.2 Å². The lowest BCUT2D eigenvalue weighted by Gasteiger charge is -2.26. The van der Waals surface area contributed by atoms with Gasteiger partial charge in [-0.2, -0.15) is 0 Å². The third-order valence-electron chi connectivity index (χ3n) is 5.37. The fourth-order valence-corrected chi connectivity index (χ4v) is 2.98. The van der Waals surface area contributed by atoms with Gasteiger partial charge in [-0.3, -0.25) is 4.79 Å². The Hall–Kier alpha value is -1.18. The molecule has 0 atom stereocenters. The average Bonchev–Trinajstić information content (AvgIpc) is 3.05. The number of amides is 1. The summed E-state index contributed by atoms with van der Waals surface area (Å²) >= 11 is 0. The molecule has 0 aromatic rings. The van der Waals surface area contributed by atoms with Crippen molar-refractivity contribution in [3.63, 3.8) is 0 Å². The van der Waals surface area contributed by atoms with Crippen molar-refractivity contribution in [2.24, 2.45) is 5.92 Å². The Bertz CT molecular complexity index is 485. The van der Waals surface area contributed by atoms with Gasteiger partial charge in [-0.1, -0.05) is 48.5 Å². The lowest BCUT2D eigenvalue weighted by atomic mass is 10.00. The first-order valence-corrected chi connectivity index (χ1v) is 16.5. The summed E-state index contributed by atoms with van der Waals surface area (Å²) in [6, 6.07) is 0. The maximum Gasteiger partial charge on any atom is 0.222 e. The van der Waals surface area contributed by atoms with E-state index in [-0.39, 0.29) is 5.91 Å². The molecule has 11 heteroatoms. The van der Waals surface area contributed by atoms with Gasteiger partial charge in [0.05, 0.1) is 92.5 Å². The monoisotopic (exact) mass is 627 g/mol. The molecule has 1 aliphatic heterocycles. The standard InChI is InChI=1S/C19H37NO9.C7H15N.3C2H6/c1-20-19(22)3-6-24-8-10-26-12-14-28-16-18-29-17-15-27-13-11-25-9-7-23-5-2-4-21;1-7-3-5-8(2)6-4-7;3*1-2/h4H,2-3,5-18H2,1H3,(H,20,22);7H,3-6H2,1-2H3;3*1-2H3. The van der Waals surface area contributed by atoms with Gasteiger partial charge in [0.2, 0.25) is 5.91 Å². The molecular weight excluding hydrogens is 556 g/mol. The van der Waals surface area contributed by atoms with Crippen LogP contribution >= 0.6 is 0 Å². The summed E-state index contributed by atoms with van der Waals surface area (Å²) in [5.74, 6) is 0.943. The summed E-state index contributed by atoms with van der Waals surface area (Å²) in [6.45, 7) is 23.7. The molecule has 0 aliphatic carbocycles. The summed E-state index contributed by atoms with van der Waals surface area (Å²) in [4.78, 5) is 23.4. The molecule has 0 aromatic carbocycles. The number of likely N-dealkylation sites (tertiary alicyclic amines) is 1. The number of carbonyl (C=O) groups is 2. The minimum absolute atomic E-state index is 0.0349. The van der Waals surface area contributed by atoms with Gasteiger partial charge in [-0.15, -0.1) is 0 Å². The highest BCUT2D eigenvalue weighted by Crippen LogP contribution is 2.13. The molecule has 0 unspecified atom stereocenters. The fourth-order valence-electron chi connectivity index (χ4n) is 2.98. The molecule has 0 spiro atoms. The largest absolute Gasteiger partial charge is 0.379 e. The molecule has 1 aliphatic rings. The smallest absolute Gasteiger partial charge is 0.222 e. The molecule has 1 N–H and O–H groups in total. The van der Waals surface area contributed by atoms with Crippen LogP contribution in [0.1, 0.15) is 74.1 Å². The summed E-state index contributed by atoms with van der Waals surface area (Å²) in [6.07, 6.45) is 4.40. The summed E-state index contributed by atoms with van der Waals surface area (Å²) in [7, 11) is 3.80. The lowest BCUT2D eigenvalue weighted by molar-refractivity contribution is -0.121. The van der Waals surface area contributed by atoms with Gasteiger partial charge in [-0.25, -0.2) is 0 Å². The van der Waals surface area contributed by atoms with Gasteiger partial charge in [-0.05, 0) is 38.9 Å². The van der Waals surface area contributed by atoms with Crippen molar-refractivity contribution in [2.45, 2.75) is 74.1 Å². The van der Waals surface area contributed by atoms with Crippen LogP contribution in [0.4, 0.5) is 0 Å². The summed E-state index contributed by atoms with van der Waals surface area (Å²) in [5.41, 5.74) is 0. The predicted octanol–water partition coefficient (Wildman–Crippen LogP) is 4.25. The first kappa shape index (κ1) is 48.7. The highest BCUT2D eigenvalue weighted by molar-refractivity contribution is 5.75. The van der Waals surface area contributed by atoms with Gasteiger partial charge in [0, 0.05) is 19.9 Å². The maximum atomic E-state index is 11.0. The zero-order chi connectivity index (χ0) is 33.2. The van der Waals surface area contributed by atoms with Gasteiger partial charge >= 0.3 is 0 Å². The van der Waals surface area contributed by atoms with Crippen LogP contribution in [0.2, 0.25) is 0 Å². The second kappa shape index (κ2) is 47.7. The zero-order valence-electron chi connectivity index (χ0n) is 29.4. The highest BCUT2D eigenvalue weighted by Gasteiger charge is 2.10. The maximum absolute atomic E-state index is 11.0. The van der Waals surface area contributed by atoms with Gasteiger partial charge in [0.15, 0.2) is 0 Å². The number of nitrogens with one attached hydrogen (secondary N) is 1. The predicted molar refractivity (Wildman–Crippen MR) is 175 cm³/mol. The van der Waals surface area contributed by atoms with E-state index in [1.807, 2.05) is 41.5 Å². The van der Waals surface area contributed by atoms with Crippen molar-refractivity contribution in [3.8, 4) is 0 Å². The number of hydrogen-bond donors (Lipinski definition) is 1.